The van der Waals surface area contributed by atoms with E-state index < -0.39 is 0 Å². The highest BCUT2D eigenvalue weighted by atomic mass is 79.9. The van der Waals surface area contributed by atoms with Gasteiger partial charge in [-0.15, -0.1) is 0 Å². The summed E-state index contributed by atoms with van der Waals surface area (Å²) in [7, 11) is 0. The number of aryl methyl sites for hydroxylation is 1. The smallest absolute Gasteiger partial charge is 0.199 e. The number of hydrogen-bond acceptors (Lipinski definition) is 2. The molecule has 0 radical (unpaired) electrons. The summed E-state index contributed by atoms with van der Waals surface area (Å²) >= 11 is 9.68. The van der Waals surface area contributed by atoms with Gasteiger partial charge in [-0.05, 0) is 48.4 Å². The molecular weight excluding hydrogens is 338 g/mol. The highest BCUT2D eigenvalue weighted by Crippen LogP contribution is 2.30. The fourth-order valence-corrected chi connectivity index (χ4v) is 2.68. The summed E-state index contributed by atoms with van der Waals surface area (Å²) in [6, 6.07) is 14.0. The molecule has 0 amide bonds. The van der Waals surface area contributed by atoms with Gasteiger partial charge in [-0.1, -0.05) is 34.1 Å². The lowest BCUT2D eigenvalue weighted by Crippen LogP contribution is -1.99. The van der Waals surface area contributed by atoms with Crippen LogP contribution in [-0.4, -0.2) is 0 Å². The van der Waals surface area contributed by atoms with E-state index in [0.29, 0.717) is 11.8 Å². The zero-order chi connectivity index (χ0) is 14.1. The maximum Gasteiger partial charge on any atom is 0.199 e. The second-order valence-corrected chi connectivity index (χ2v) is 5.87. The number of benzene rings is 2. The van der Waals surface area contributed by atoms with Crippen LogP contribution in [0.15, 0.2) is 51.4 Å². The summed E-state index contributed by atoms with van der Waals surface area (Å²) < 4.78 is 6.65. The van der Waals surface area contributed by atoms with E-state index in [1.165, 1.54) is 5.56 Å². The van der Waals surface area contributed by atoms with Gasteiger partial charge in [-0.3, -0.25) is 0 Å². The van der Waals surface area contributed by atoms with Gasteiger partial charge >= 0.3 is 0 Å². The van der Waals surface area contributed by atoms with E-state index in [2.05, 4.69) is 34.2 Å². The molecule has 1 aromatic heterocycles. The molecule has 0 aliphatic heterocycles. The molecule has 102 valence electrons. The molecule has 3 aromatic rings. The van der Waals surface area contributed by atoms with Crippen LogP contribution in [0.4, 0.5) is 5.69 Å². The van der Waals surface area contributed by atoms with Crippen LogP contribution >= 0.6 is 27.5 Å². The first-order valence-corrected chi connectivity index (χ1v) is 7.48. The third-order valence-corrected chi connectivity index (χ3v) is 4.47. The third-order valence-electron chi connectivity index (χ3n) is 3.28. The highest BCUT2D eigenvalue weighted by molar-refractivity contribution is 9.10. The molecule has 0 aliphatic rings. The molecule has 4 heteroatoms. The number of halogens is 2. The Morgan fingerprint density at radius 3 is 2.80 bits per heavy atom. The number of furan rings is 1. The molecule has 0 saturated heterocycles. The minimum absolute atomic E-state index is 0.451. The maximum absolute atomic E-state index is 6.18. The Balaban J connectivity index is 1.86. The number of para-hydroxylation sites is 1. The van der Waals surface area contributed by atoms with Crippen LogP contribution in [0.25, 0.3) is 11.0 Å². The number of nitrogens with one attached hydrogen (secondary N) is 1. The summed E-state index contributed by atoms with van der Waals surface area (Å²) in [6.45, 7) is 2.70. The minimum Gasteiger partial charge on any atom is -0.444 e. The van der Waals surface area contributed by atoms with Gasteiger partial charge in [0.1, 0.15) is 5.58 Å². The summed E-state index contributed by atoms with van der Waals surface area (Å²) in [5, 5.41) is 4.89. The molecule has 20 heavy (non-hydrogen) atoms. The molecule has 0 saturated carbocycles. The molecule has 1 heterocycles. The summed E-state index contributed by atoms with van der Waals surface area (Å²) in [6.07, 6.45) is 0. The van der Waals surface area contributed by atoms with Crippen molar-refractivity contribution in [1.82, 2.24) is 0 Å². The fraction of sp³-hybridized carbons (Fsp3) is 0.125. The summed E-state index contributed by atoms with van der Waals surface area (Å²) in [5.74, 6) is 0. The molecule has 0 aliphatic carbocycles. The standard InChI is InChI=1S/C16H13BrClNO/c1-10-8-11(6-7-14(10)17)19-9-13-12-4-2-3-5-15(12)20-16(13)18/h2-8,19H,9H2,1H3. The second kappa shape index (κ2) is 5.51. The second-order valence-electron chi connectivity index (χ2n) is 4.67. The molecule has 0 spiro atoms. The molecular formula is C16H13BrClNO. The van der Waals surface area contributed by atoms with E-state index in [0.717, 1.165) is 26.7 Å². The quantitative estimate of drug-likeness (QED) is 0.648. The van der Waals surface area contributed by atoms with Crippen LogP contribution in [0.3, 0.4) is 0 Å². The van der Waals surface area contributed by atoms with E-state index in [1.807, 2.05) is 36.4 Å². The van der Waals surface area contributed by atoms with Crippen LogP contribution in [0.5, 0.6) is 0 Å². The SMILES string of the molecule is Cc1cc(NCc2c(Cl)oc3ccccc23)ccc1Br. The molecule has 0 atom stereocenters. The topological polar surface area (TPSA) is 25.2 Å². The number of fused-ring (bicyclic) bond motifs is 1. The highest BCUT2D eigenvalue weighted by Gasteiger charge is 2.11. The summed E-state index contributed by atoms with van der Waals surface area (Å²) in [5.41, 5.74) is 4.06. The third kappa shape index (κ3) is 2.56. The largest absolute Gasteiger partial charge is 0.444 e. The Hall–Kier alpha value is -1.45. The van der Waals surface area contributed by atoms with Gasteiger partial charge in [0.05, 0.1) is 0 Å². The molecule has 2 nitrogen and oxygen atoms in total. The Labute approximate surface area is 130 Å². The fourth-order valence-electron chi connectivity index (χ4n) is 2.18. The molecule has 0 unspecified atom stereocenters. The Bertz CT molecular complexity index is 766. The van der Waals surface area contributed by atoms with Crippen molar-refractivity contribution in [3.8, 4) is 0 Å². The molecule has 0 bridgehead atoms. The Kier molecular flexibility index (Phi) is 3.72. The monoisotopic (exact) mass is 349 g/mol. The normalized spacial score (nSPS) is 10.9. The molecule has 0 fully saturated rings. The van der Waals surface area contributed by atoms with E-state index >= 15 is 0 Å². The lowest BCUT2D eigenvalue weighted by atomic mass is 10.1. The lowest BCUT2D eigenvalue weighted by Gasteiger charge is -2.07. The zero-order valence-electron chi connectivity index (χ0n) is 10.9. The number of rotatable bonds is 3. The van der Waals surface area contributed by atoms with Crippen molar-refractivity contribution in [1.29, 1.82) is 0 Å². The predicted octanol–water partition coefficient (Wildman–Crippen LogP) is 5.77. The van der Waals surface area contributed by atoms with E-state index in [1.54, 1.807) is 0 Å². The first-order valence-electron chi connectivity index (χ1n) is 6.31. The minimum atomic E-state index is 0.451. The van der Waals surface area contributed by atoms with Crippen LogP contribution in [0.2, 0.25) is 5.22 Å². The average molecular weight is 351 g/mol. The molecule has 2 aromatic carbocycles. The first-order chi connectivity index (χ1) is 9.65. The van der Waals surface area contributed by atoms with Crippen molar-refractivity contribution in [2.24, 2.45) is 0 Å². The van der Waals surface area contributed by atoms with Crippen molar-refractivity contribution in [2.45, 2.75) is 13.5 Å². The van der Waals surface area contributed by atoms with Crippen LogP contribution < -0.4 is 5.32 Å². The Morgan fingerprint density at radius 1 is 1.20 bits per heavy atom. The molecule has 3 rings (SSSR count). The molecule has 1 N–H and O–H groups in total. The van der Waals surface area contributed by atoms with Crippen molar-refractivity contribution in [2.75, 3.05) is 5.32 Å². The van der Waals surface area contributed by atoms with Crippen molar-refractivity contribution in [3.63, 3.8) is 0 Å². The van der Waals surface area contributed by atoms with Gasteiger partial charge < -0.3 is 9.73 Å². The van der Waals surface area contributed by atoms with Gasteiger partial charge in [0.15, 0.2) is 5.22 Å². The van der Waals surface area contributed by atoms with Crippen LogP contribution in [-0.2, 0) is 6.54 Å². The van der Waals surface area contributed by atoms with Gasteiger partial charge in [-0.2, -0.15) is 0 Å². The predicted molar refractivity (Wildman–Crippen MR) is 87.4 cm³/mol. The van der Waals surface area contributed by atoms with Crippen molar-refractivity contribution in [3.05, 3.63) is 63.3 Å². The van der Waals surface area contributed by atoms with Crippen molar-refractivity contribution >= 4 is 44.2 Å². The van der Waals surface area contributed by atoms with E-state index in [9.17, 15) is 0 Å². The van der Waals surface area contributed by atoms with E-state index in [4.69, 9.17) is 16.0 Å². The first kappa shape index (κ1) is 13.5. The summed E-state index contributed by atoms with van der Waals surface area (Å²) in [4.78, 5) is 0. The van der Waals surface area contributed by atoms with Gasteiger partial charge in [0, 0.05) is 27.7 Å². The van der Waals surface area contributed by atoms with Gasteiger partial charge in [-0.25, -0.2) is 0 Å². The van der Waals surface area contributed by atoms with Gasteiger partial charge in [0.2, 0.25) is 0 Å². The number of hydrogen-bond donors (Lipinski definition) is 1. The van der Waals surface area contributed by atoms with Crippen LogP contribution in [0, 0.1) is 6.92 Å². The maximum atomic E-state index is 6.18. The average Bonchev–Trinajstić information content (AvgIpc) is 2.76. The zero-order valence-corrected chi connectivity index (χ0v) is 13.3. The van der Waals surface area contributed by atoms with Gasteiger partial charge in [0.25, 0.3) is 0 Å². The van der Waals surface area contributed by atoms with E-state index in [-0.39, 0.29) is 0 Å². The van der Waals surface area contributed by atoms with Crippen LogP contribution in [0.1, 0.15) is 11.1 Å². The number of anilines is 1. The van der Waals surface area contributed by atoms with Crippen molar-refractivity contribution < 1.29 is 4.42 Å². The lowest BCUT2D eigenvalue weighted by molar-refractivity contribution is 0.613. The Morgan fingerprint density at radius 2 is 2.00 bits per heavy atom.